The largest absolute Gasteiger partial charge is 0.490 e. The number of ether oxygens (including phenoxy) is 2. The fraction of sp³-hybridized carbons (Fsp3) is 0.261. The highest BCUT2D eigenvalue weighted by Crippen LogP contribution is 2.34. The van der Waals surface area contributed by atoms with E-state index in [1.807, 2.05) is 7.05 Å². The van der Waals surface area contributed by atoms with Crippen LogP contribution in [0.1, 0.15) is 0 Å². The zero-order chi connectivity index (χ0) is 24.2. The second kappa shape index (κ2) is 10.3. The van der Waals surface area contributed by atoms with Gasteiger partial charge in [0.25, 0.3) is 5.91 Å². The van der Waals surface area contributed by atoms with Gasteiger partial charge < -0.3 is 20.1 Å². The number of rotatable bonds is 7. The molecule has 0 radical (unpaired) electrons. The molecule has 1 atom stereocenters. The van der Waals surface area contributed by atoms with Crippen LogP contribution in [0, 0.1) is 5.82 Å². The Morgan fingerprint density at radius 1 is 1.35 bits per heavy atom. The van der Waals surface area contributed by atoms with E-state index in [2.05, 4.69) is 32.1 Å². The van der Waals surface area contributed by atoms with Gasteiger partial charge in [0, 0.05) is 23.7 Å². The maximum Gasteiger partial charge on any atom is 0.283 e. The van der Waals surface area contributed by atoms with Gasteiger partial charge in [0.15, 0.2) is 5.83 Å². The molecule has 0 unspecified atom stereocenters. The number of nitrogens with zero attached hydrogens (tertiary/aromatic N) is 3. The van der Waals surface area contributed by atoms with Crippen LogP contribution in [0.3, 0.4) is 0 Å². The van der Waals surface area contributed by atoms with Crippen LogP contribution < -0.4 is 15.4 Å². The lowest BCUT2D eigenvalue weighted by Gasteiger charge is -2.32. The van der Waals surface area contributed by atoms with Crippen molar-refractivity contribution in [1.29, 1.82) is 0 Å². The molecule has 34 heavy (non-hydrogen) atoms. The van der Waals surface area contributed by atoms with Gasteiger partial charge in [-0.15, -0.1) is 0 Å². The van der Waals surface area contributed by atoms with Gasteiger partial charge in [-0.1, -0.05) is 18.2 Å². The highest BCUT2D eigenvalue weighted by atomic mass is 35.5. The molecular formula is C23H22ClF2N5O3. The molecule has 0 spiro atoms. The predicted molar refractivity (Wildman–Crippen MR) is 126 cm³/mol. The number of morpholine rings is 1. The van der Waals surface area contributed by atoms with Crippen molar-refractivity contribution in [1.82, 2.24) is 14.9 Å². The zero-order valence-electron chi connectivity index (χ0n) is 18.3. The normalized spacial score (nSPS) is 16.3. The van der Waals surface area contributed by atoms with E-state index >= 15 is 0 Å². The lowest BCUT2D eigenvalue weighted by atomic mass is 10.1. The smallest absolute Gasteiger partial charge is 0.283 e. The molecule has 4 rings (SSSR count). The first-order chi connectivity index (χ1) is 16.3. The zero-order valence-corrected chi connectivity index (χ0v) is 19.0. The fourth-order valence-electron chi connectivity index (χ4n) is 3.40. The van der Waals surface area contributed by atoms with Crippen molar-refractivity contribution < 1.29 is 23.0 Å². The maximum atomic E-state index is 13.5. The van der Waals surface area contributed by atoms with Crippen LogP contribution in [0.2, 0.25) is 5.02 Å². The highest BCUT2D eigenvalue weighted by Gasteiger charge is 2.22. The lowest BCUT2D eigenvalue weighted by molar-refractivity contribution is -0.114. The summed E-state index contributed by atoms with van der Waals surface area (Å²) in [6.45, 7) is 5.24. The van der Waals surface area contributed by atoms with Gasteiger partial charge in [-0.3, -0.25) is 9.69 Å². The van der Waals surface area contributed by atoms with Crippen molar-refractivity contribution in [2.45, 2.75) is 6.04 Å². The molecule has 0 bridgehead atoms. The predicted octanol–water partition coefficient (Wildman–Crippen LogP) is 4.30. The average molecular weight is 490 g/mol. The van der Waals surface area contributed by atoms with Gasteiger partial charge in [-0.05, 0) is 31.3 Å². The number of benzene rings is 2. The summed E-state index contributed by atoms with van der Waals surface area (Å²) in [5, 5.41) is 5.98. The summed E-state index contributed by atoms with van der Waals surface area (Å²) in [6.07, 6.45) is 1.35. The van der Waals surface area contributed by atoms with Crippen molar-refractivity contribution in [3.05, 3.63) is 59.9 Å². The van der Waals surface area contributed by atoms with E-state index < -0.39 is 17.6 Å². The first-order valence-corrected chi connectivity index (χ1v) is 10.8. The Bertz CT molecular complexity index is 1240. The first kappa shape index (κ1) is 23.8. The molecule has 11 heteroatoms. The van der Waals surface area contributed by atoms with Gasteiger partial charge >= 0.3 is 0 Å². The monoisotopic (exact) mass is 489 g/mol. The topological polar surface area (TPSA) is 88.6 Å². The van der Waals surface area contributed by atoms with Gasteiger partial charge in [0.05, 0.1) is 35.5 Å². The number of carbonyl (C=O) groups is 1. The second-order valence-electron chi connectivity index (χ2n) is 7.72. The Morgan fingerprint density at radius 3 is 2.91 bits per heavy atom. The lowest BCUT2D eigenvalue weighted by Crippen LogP contribution is -2.46. The number of amides is 1. The number of fused-ring (bicyclic) bond motifs is 1. The minimum Gasteiger partial charge on any atom is -0.490 e. The second-order valence-corrected chi connectivity index (χ2v) is 8.13. The Labute approximate surface area is 199 Å². The van der Waals surface area contributed by atoms with Crippen LogP contribution in [0.25, 0.3) is 10.9 Å². The summed E-state index contributed by atoms with van der Waals surface area (Å²) in [5.74, 6) is -2.02. The Hall–Kier alpha value is -3.34. The Balaban J connectivity index is 1.68. The van der Waals surface area contributed by atoms with E-state index in [0.29, 0.717) is 41.4 Å². The maximum absolute atomic E-state index is 13.5. The van der Waals surface area contributed by atoms with E-state index in [1.54, 1.807) is 12.1 Å². The van der Waals surface area contributed by atoms with Crippen molar-refractivity contribution in [3.8, 4) is 5.75 Å². The first-order valence-electron chi connectivity index (χ1n) is 10.4. The summed E-state index contributed by atoms with van der Waals surface area (Å²) in [7, 11) is 1.97. The molecule has 0 aliphatic carbocycles. The summed E-state index contributed by atoms with van der Waals surface area (Å²) in [5.41, 5.74) is 1.21. The summed E-state index contributed by atoms with van der Waals surface area (Å²) >= 11 is 5.87. The van der Waals surface area contributed by atoms with Crippen LogP contribution in [0.15, 0.2) is 49.1 Å². The SMILES string of the molecule is C=C(F)C(=O)Nc1cc2c(Nc3ccc(F)c(Cl)c3)ncnc2cc1OC[C@H]1COCCN1C. The third kappa shape index (κ3) is 5.41. The van der Waals surface area contributed by atoms with Gasteiger partial charge in [0.1, 0.15) is 30.3 Å². The number of aromatic nitrogens is 2. The molecule has 178 valence electrons. The Kier molecular flexibility index (Phi) is 7.20. The van der Waals surface area contributed by atoms with Crippen LogP contribution in [0.5, 0.6) is 5.75 Å². The van der Waals surface area contributed by atoms with Gasteiger partial charge in [0.2, 0.25) is 0 Å². The number of hydrogen-bond acceptors (Lipinski definition) is 7. The molecule has 1 aliphatic heterocycles. The van der Waals surface area contributed by atoms with Crippen LogP contribution in [-0.4, -0.2) is 60.2 Å². The fourth-order valence-corrected chi connectivity index (χ4v) is 3.58. The molecule has 2 heterocycles. The molecular weight excluding hydrogens is 468 g/mol. The third-order valence-corrected chi connectivity index (χ3v) is 5.66. The minimum atomic E-state index is -1.14. The third-order valence-electron chi connectivity index (χ3n) is 5.37. The summed E-state index contributed by atoms with van der Waals surface area (Å²) in [4.78, 5) is 22.7. The molecule has 1 fully saturated rings. The van der Waals surface area contributed by atoms with Crippen molar-refractivity contribution >= 4 is 45.6 Å². The van der Waals surface area contributed by atoms with Crippen molar-refractivity contribution in [3.63, 3.8) is 0 Å². The molecule has 8 nitrogen and oxygen atoms in total. The molecule has 1 aromatic heterocycles. The minimum absolute atomic E-state index is 0.00925. The van der Waals surface area contributed by atoms with E-state index in [4.69, 9.17) is 21.1 Å². The van der Waals surface area contributed by atoms with Crippen LogP contribution in [-0.2, 0) is 9.53 Å². The Morgan fingerprint density at radius 2 is 2.18 bits per heavy atom. The number of halogens is 3. The van der Waals surface area contributed by atoms with Crippen molar-refractivity contribution in [2.75, 3.05) is 44.0 Å². The molecule has 3 aromatic rings. The van der Waals surface area contributed by atoms with E-state index in [9.17, 15) is 13.6 Å². The molecule has 0 saturated carbocycles. The van der Waals surface area contributed by atoms with Crippen molar-refractivity contribution in [2.24, 2.45) is 0 Å². The molecule has 1 saturated heterocycles. The number of nitrogens with one attached hydrogen (secondary N) is 2. The van der Waals surface area contributed by atoms with Crippen LogP contribution >= 0.6 is 11.6 Å². The standard InChI is InChI=1S/C23H22ClF2N5O3/c1-13(25)23(32)30-20-8-16-19(9-21(20)34-11-15-10-33-6-5-31(15)2)27-12-28-22(16)29-14-3-4-18(26)17(24)7-14/h3-4,7-9,12,15H,1,5-6,10-11H2,2H3,(H,30,32)(H,27,28,29)/t15-/m1/s1. The van der Waals surface area contributed by atoms with E-state index in [1.165, 1.54) is 24.5 Å². The van der Waals surface area contributed by atoms with E-state index in [-0.39, 0.29) is 23.4 Å². The molecule has 1 amide bonds. The molecule has 2 N–H and O–H groups in total. The quantitative estimate of drug-likeness (QED) is 0.478. The summed E-state index contributed by atoms with van der Waals surface area (Å²) < 4.78 is 38.5. The highest BCUT2D eigenvalue weighted by molar-refractivity contribution is 6.31. The number of likely N-dealkylation sites (N-methyl/N-ethyl adjacent to an activating group) is 1. The van der Waals surface area contributed by atoms with Gasteiger partial charge in [-0.2, -0.15) is 0 Å². The number of anilines is 3. The molecule has 2 aromatic carbocycles. The summed E-state index contributed by atoms with van der Waals surface area (Å²) in [6, 6.07) is 7.35. The van der Waals surface area contributed by atoms with Crippen LogP contribution in [0.4, 0.5) is 26.0 Å². The number of hydrogen-bond donors (Lipinski definition) is 2. The average Bonchev–Trinajstić information content (AvgIpc) is 2.81. The molecule has 1 aliphatic rings. The number of carbonyl (C=O) groups excluding carboxylic acids is 1. The van der Waals surface area contributed by atoms with E-state index in [0.717, 1.165) is 6.54 Å². The van der Waals surface area contributed by atoms with Gasteiger partial charge in [-0.25, -0.2) is 18.7 Å².